The van der Waals surface area contributed by atoms with E-state index in [-0.39, 0.29) is 18.8 Å². The van der Waals surface area contributed by atoms with Crippen molar-refractivity contribution in [2.24, 2.45) is 17.8 Å². The third-order valence-electron chi connectivity index (χ3n) is 7.15. The monoisotopic (exact) mass is 492 g/mol. The van der Waals surface area contributed by atoms with Crippen molar-refractivity contribution in [1.29, 1.82) is 0 Å². The lowest BCUT2D eigenvalue weighted by molar-refractivity contribution is -0.324. The first-order valence-electron chi connectivity index (χ1n) is 12.1. The van der Waals surface area contributed by atoms with E-state index in [1.165, 1.54) is 6.42 Å². The molecule has 0 N–H and O–H groups in total. The highest BCUT2D eigenvalue weighted by Crippen LogP contribution is 2.47. The van der Waals surface area contributed by atoms with Crippen LogP contribution >= 0.6 is 11.1 Å². The Morgan fingerprint density at radius 2 is 1.72 bits per heavy atom. The summed E-state index contributed by atoms with van der Waals surface area (Å²) in [6.45, 7) is 16.8. The third-order valence-corrected chi connectivity index (χ3v) is 9.08. The molecule has 186 valence electrons. The van der Waals surface area contributed by atoms with Crippen LogP contribution in [0.5, 0.6) is 0 Å². The summed E-state index contributed by atoms with van der Waals surface area (Å²) in [6.07, 6.45) is 2.18. The van der Waals surface area contributed by atoms with Gasteiger partial charge in [0.05, 0.1) is 12.7 Å². The highest BCUT2D eigenvalue weighted by atomic mass is 35.6. The molecule has 4 rings (SSSR count). The number of ether oxygens (including phenoxy) is 5. The fraction of sp³-hybridized carbons (Fsp3) is 1.00. The molecule has 9 heteroatoms. The largest absolute Gasteiger partial charge is 0.440 e. The van der Waals surface area contributed by atoms with Gasteiger partial charge in [-0.1, -0.05) is 38.3 Å². The molecule has 1 spiro atoms. The number of halogens is 1. The molecule has 0 aromatic heterocycles. The Kier molecular flexibility index (Phi) is 6.89. The summed E-state index contributed by atoms with van der Waals surface area (Å²) < 4.78 is 44.0. The van der Waals surface area contributed by atoms with E-state index in [2.05, 4.69) is 20.8 Å². The van der Waals surface area contributed by atoms with Gasteiger partial charge in [-0.25, -0.2) is 0 Å². The van der Waals surface area contributed by atoms with Crippen molar-refractivity contribution in [1.82, 2.24) is 0 Å². The maximum absolute atomic E-state index is 7.06. The van der Waals surface area contributed by atoms with Gasteiger partial charge in [0.25, 0.3) is 0 Å². The van der Waals surface area contributed by atoms with Crippen LogP contribution < -0.4 is 0 Å². The molecule has 0 aromatic rings. The first-order chi connectivity index (χ1) is 14.7. The number of fused-ring (bicyclic) bond motifs is 1. The first-order valence-corrected chi connectivity index (χ1v) is 15.4. The fourth-order valence-corrected chi connectivity index (χ4v) is 7.96. The van der Waals surface area contributed by atoms with E-state index in [0.717, 1.165) is 12.8 Å². The molecule has 7 nitrogen and oxygen atoms in total. The van der Waals surface area contributed by atoms with Crippen molar-refractivity contribution in [3.63, 3.8) is 0 Å². The molecule has 4 fully saturated rings. The van der Waals surface area contributed by atoms with Crippen LogP contribution in [0, 0.1) is 17.8 Å². The van der Waals surface area contributed by atoms with E-state index in [9.17, 15) is 0 Å². The Morgan fingerprint density at radius 1 is 1.00 bits per heavy atom. The van der Waals surface area contributed by atoms with Gasteiger partial charge < -0.3 is 32.5 Å². The lowest BCUT2D eigenvalue weighted by Crippen LogP contribution is -2.65. The van der Waals surface area contributed by atoms with Crippen LogP contribution in [0.3, 0.4) is 0 Å². The SMILES string of the molecule is CC(C)[C@@H]1CC[C@@H](C)C[C@H]1O[Si](C)(Cl)O[C@H]1[C@@H]2OC(C)(C)O[C@@H]2CO[C@]12COC(C)(C)O2. The normalized spacial score (nSPS) is 45.2. The van der Waals surface area contributed by atoms with E-state index in [1.54, 1.807) is 0 Å². The molecule has 32 heavy (non-hydrogen) atoms. The number of hydrogen-bond donors (Lipinski definition) is 0. The second-order valence-electron chi connectivity index (χ2n) is 11.4. The summed E-state index contributed by atoms with van der Waals surface area (Å²) in [5.41, 5.74) is 0. The second-order valence-corrected chi connectivity index (χ2v) is 15.6. The minimum Gasteiger partial charge on any atom is -0.380 e. The van der Waals surface area contributed by atoms with Gasteiger partial charge in [0.1, 0.15) is 24.9 Å². The van der Waals surface area contributed by atoms with E-state index < -0.39 is 37.4 Å². The Hall–Kier alpha value is 0.227. The van der Waals surface area contributed by atoms with E-state index >= 15 is 0 Å². The van der Waals surface area contributed by atoms with Gasteiger partial charge in [-0.2, -0.15) is 0 Å². The molecule has 0 bridgehead atoms. The molecule has 3 heterocycles. The zero-order valence-electron chi connectivity index (χ0n) is 20.8. The molecule has 1 saturated carbocycles. The van der Waals surface area contributed by atoms with Crippen LogP contribution in [-0.4, -0.2) is 62.9 Å². The van der Waals surface area contributed by atoms with Gasteiger partial charge in [0, 0.05) is 0 Å². The van der Waals surface area contributed by atoms with Crippen molar-refractivity contribution in [2.75, 3.05) is 13.2 Å². The van der Waals surface area contributed by atoms with Crippen molar-refractivity contribution in [2.45, 2.75) is 116 Å². The average Bonchev–Trinajstić information content (AvgIpc) is 3.13. The third kappa shape index (κ3) is 5.24. The minimum atomic E-state index is -3.12. The molecule has 3 aliphatic heterocycles. The Labute approximate surface area is 198 Å². The summed E-state index contributed by atoms with van der Waals surface area (Å²) in [5, 5.41) is 0. The maximum Gasteiger partial charge on any atom is 0.440 e. The molecule has 3 saturated heterocycles. The summed E-state index contributed by atoms with van der Waals surface area (Å²) in [5.74, 6) is -1.03. The van der Waals surface area contributed by atoms with Gasteiger partial charge in [-0.05, 0) is 64.8 Å². The van der Waals surface area contributed by atoms with Crippen molar-refractivity contribution in [3.8, 4) is 0 Å². The van der Waals surface area contributed by atoms with Crippen LogP contribution in [0.25, 0.3) is 0 Å². The maximum atomic E-state index is 7.06. The van der Waals surface area contributed by atoms with Crippen LogP contribution in [-0.2, 0) is 32.5 Å². The fourth-order valence-electron chi connectivity index (χ4n) is 5.70. The van der Waals surface area contributed by atoms with Crippen molar-refractivity contribution < 1.29 is 32.5 Å². The average molecular weight is 493 g/mol. The standard InChI is InChI=1S/C23H41ClO7Si/c1-14(2)16-10-9-15(3)11-17(16)29-32(8,24)30-20-19-18(27-22(6,7)28-19)12-25-23(20)13-26-21(4,5)31-23/h14-20H,9-13H2,1-8H3/t15-,16+,17-,18-,19-,20+,23+,32?/m1/s1. The number of rotatable bonds is 5. The molecule has 4 aliphatic rings. The summed E-state index contributed by atoms with van der Waals surface area (Å²) >= 11 is 7.06. The zero-order chi connectivity index (χ0) is 23.5. The number of hydrogen-bond acceptors (Lipinski definition) is 7. The summed E-state index contributed by atoms with van der Waals surface area (Å²) in [6, 6.07) is 0. The van der Waals surface area contributed by atoms with Crippen LogP contribution in [0.2, 0.25) is 6.55 Å². The van der Waals surface area contributed by atoms with E-state index in [1.807, 2.05) is 34.2 Å². The topological polar surface area (TPSA) is 64.6 Å². The zero-order valence-corrected chi connectivity index (χ0v) is 22.6. The Balaban J connectivity index is 1.56. The van der Waals surface area contributed by atoms with Gasteiger partial charge >= 0.3 is 7.87 Å². The smallest absolute Gasteiger partial charge is 0.380 e. The quantitative estimate of drug-likeness (QED) is 0.407. The molecule has 8 atom stereocenters. The molecular formula is C23H41ClO7Si. The first kappa shape index (κ1) is 25.3. The summed E-state index contributed by atoms with van der Waals surface area (Å²) in [4.78, 5) is 0. The van der Waals surface area contributed by atoms with Gasteiger partial charge in [0.15, 0.2) is 11.6 Å². The molecule has 0 radical (unpaired) electrons. The van der Waals surface area contributed by atoms with Gasteiger partial charge in [0.2, 0.25) is 5.79 Å². The molecular weight excluding hydrogens is 452 g/mol. The minimum absolute atomic E-state index is 0.0820. The molecule has 1 aliphatic carbocycles. The predicted octanol–water partition coefficient (Wildman–Crippen LogP) is 4.69. The van der Waals surface area contributed by atoms with Gasteiger partial charge in [-0.3, -0.25) is 0 Å². The Bertz CT molecular complexity index is 685. The van der Waals surface area contributed by atoms with Crippen LogP contribution in [0.1, 0.15) is 67.7 Å². The van der Waals surface area contributed by atoms with E-state index in [4.69, 9.17) is 43.6 Å². The second kappa shape index (κ2) is 8.71. The predicted molar refractivity (Wildman–Crippen MR) is 122 cm³/mol. The molecule has 0 aromatic carbocycles. The molecule has 1 unspecified atom stereocenters. The van der Waals surface area contributed by atoms with Crippen molar-refractivity contribution >= 4 is 18.9 Å². The summed E-state index contributed by atoms with van der Waals surface area (Å²) in [7, 11) is -3.12. The van der Waals surface area contributed by atoms with Crippen molar-refractivity contribution in [3.05, 3.63) is 0 Å². The Morgan fingerprint density at radius 3 is 2.34 bits per heavy atom. The lowest BCUT2D eigenvalue weighted by atomic mass is 9.75. The highest BCUT2D eigenvalue weighted by molar-refractivity contribution is 7.12. The van der Waals surface area contributed by atoms with Crippen LogP contribution in [0.4, 0.5) is 0 Å². The van der Waals surface area contributed by atoms with Gasteiger partial charge in [-0.15, -0.1) is 0 Å². The highest BCUT2D eigenvalue weighted by Gasteiger charge is 2.64. The lowest BCUT2D eigenvalue weighted by Gasteiger charge is -2.47. The van der Waals surface area contributed by atoms with E-state index in [0.29, 0.717) is 24.4 Å². The molecule has 0 amide bonds. The van der Waals surface area contributed by atoms with Crippen LogP contribution in [0.15, 0.2) is 0 Å².